The molecule has 4 rings (SSSR count). The molecule has 1 atom stereocenters. The third kappa shape index (κ3) is 3.41. The van der Waals surface area contributed by atoms with E-state index in [1.165, 1.54) is 18.6 Å². The van der Waals surface area contributed by atoms with Crippen molar-refractivity contribution >= 4 is 17.1 Å². The average Bonchev–Trinajstić information content (AvgIpc) is 2.96. The van der Waals surface area contributed by atoms with Crippen LogP contribution in [0.25, 0.3) is 0 Å². The zero-order valence-corrected chi connectivity index (χ0v) is 15.5. The van der Waals surface area contributed by atoms with Crippen molar-refractivity contribution in [1.82, 2.24) is 14.8 Å². The van der Waals surface area contributed by atoms with Crippen LogP contribution in [0.2, 0.25) is 0 Å². The molecule has 3 heterocycles. The molecule has 2 aliphatic rings. The molecule has 0 aliphatic carbocycles. The van der Waals surface area contributed by atoms with Crippen molar-refractivity contribution in [3.05, 3.63) is 50.1 Å². The molecule has 1 saturated heterocycles. The van der Waals surface area contributed by atoms with Crippen LogP contribution in [0.3, 0.4) is 0 Å². The standard InChI is InChI=1S/C18H22N6O4/c25-23(26)14-7-8-15(16(11-14)24(27)28)21-9-4-5-13(12-21)18-20-19-17-6-2-1-3-10-22(17)18/h7-8,11,13H,1-6,9-10,12H2/t13-/m1/s1. The van der Waals surface area contributed by atoms with E-state index >= 15 is 0 Å². The third-order valence-corrected chi connectivity index (χ3v) is 5.63. The second-order valence-corrected chi connectivity index (χ2v) is 7.41. The van der Waals surface area contributed by atoms with Crippen LogP contribution in [-0.2, 0) is 13.0 Å². The fraction of sp³-hybridized carbons (Fsp3) is 0.556. The van der Waals surface area contributed by atoms with Crippen LogP contribution in [0.5, 0.6) is 0 Å². The lowest BCUT2D eigenvalue weighted by Crippen LogP contribution is -2.35. The van der Waals surface area contributed by atoms with Crippen molar-refractivity contribution in [2.75, 3.05) is 18.0 Å². The van der Waals surface area contributed by atoms with E-state index in [9.17, 15) is 20.2 Å². The summed E-state index contributed by atoms with van der Waals surface area (Å²) < 4.78 is 2.23. The van der Waals surface area contributed by atoms with Crippen LogP contribution in [0.1, 0.15) is 49.7 Å². The van der Waals surface area contributed by atoms with Crippen LogP contribution in [-0.4, -0.2) is 37.7 Å². The molecule has 1 aromatic carbocycles. The van der Waals surface area contributed by atoms with Crippen molar-refractivity contribution in [2.24, 2.45) is 0 Å². The number of fused-ring (bicyclic) bond motifs is 1. The maximum absolute atomic E-state index is 11.5. The number of non-ortho nitro benzene ring substituents is 1. The van der Waals surface area contributed by atoms with Crippen LogP contribution in [0, 0.1) is 20.2 Å². The number of piperidine rings is 1. The number of anilines is 1. The van der Waals surface area contributed by atoms with Crippen LogP contribution in [0.4, 0.5) is 17.1 Å². The summed E-state index contributed by atoms with van der Waals surface area (Å²) >= 11 is 0. The van der Waals surface area contributed by atoms with Crippen molar-refractivity contribution in [3.8, 4) is 0 Å². The Balaban J connectivity index is 1.62. The van der Waals surface area contributed by atoms with Crippen molar-refractivity contribution in [1.29, 1.82) is 0 Å². The van der Waals surface area contributed by atoms with Crippen molar-refractivity contribution < 1.29 is 9.85 Å². The van der Waals surface area contributed by atoms with E-state index in [0.717, 1.165) is 56.4 Å². The van der Waals surface area contributed by atoms with Gasteiger partial charge in [0.15, 0.2) is 0 Å². The highest BCUT2D eigenvalue weighted by atomic mass is 16.6. The van der Waals surface area contributed by atoms with Gasteiger partial charge in [0.25, 0.3) is 11.4 Å². The zero-order chi connectivity index (χ0) is 19.7. The lowest BCUT2D eigenvalue weighted by Gasteiger charge is -2.33. The predicted molar refractivity (Wildman–Crippen MR) is 102 cm³/mol. The van der Waals surface area contributed by atoms with Gasteiger partial charge < -0.3 is 9.47 Å². The minimum absolute atomic E-state index is 0.142. The summed E-state index contributed by atoms with van der Waals surface area (Å²) in [6.45, 7) is 2.19. The largest absolute Gasteiger partial charge is 0.365 e. The molecule has 0 amide bonds. The molecule has 28 heavy (non-hydrogen) atoms. The summed E-state index contributed by atoms with van der Waals surface area (Å²) in [7, 11) is 0. The highest BCUT2D eigenvalue weighted by molar-refractivity contribution is 5.67. The Hall–Kier alpha value is -3.04. The molecule has 1 fully saturated rings. The Bertz CT molecular complexity index is 911. The molecule has 0 spiro atoms. The SMILES string of the molecule is O=[N+]([O-])c1ccc(N2CCC[C@@H](c3nnc4n3CCCCC4)C2)c([N+](=O)[O-])c1. The molecule has 0 saturated carbocycles. The van der Waals surface area contributed by atoms with Crippen LogP contribution >= 0.6 is 0 Å². The Morgan fingerprint density at radius 2 is 1.86 bits per heavy atom. The third-order valence-electron chi connectivity index (χ3n) is 5.63. The highest BCUT2D eigenvalue weighted by Crippen LogP contribution is 2.36. The lowest BCUT2D eigenvalue weighted by atomic mass is 9.96. The summed E-state index contributed by atoms with van der Waals surface area (Å²) in [6.07, 6.45) is 6.20. The smallest absolute Gasteiger partial charge is 0.299 e. The topological polar surface area (TPSA) is 120 Å². The van der Waals surface area contributed by atoms with Gasteiger partial charge in [-0.3, -0.25) is 20.2 Å². The maximum atomic E-state index is 11.5. The van der Waals surface area contributed by atoms with Gasteiger partial charge in [-0.15, -0.1) is 10.2 Å². The number of aryl methyl sites for hydroxylation is 1. The van der Waals surface area contributed by atoms with E-state index < -0.39 is 9.85 Å². The van der Waals surface area contributed by atoms with Gasteiger partial charge in [-0.25, -0.2) is 0 Å². The molecule has 0 unspecified atom stereocenters. The van der Waals surface area contributed by atoms with E-state index in [1.807, 2.05) is 4.90 Å². The number of rotatable bonds is 4. The van der Waals surface area contributed by atoms with E-state index in [1.54, 1.807) is 0 Å². The number of hydrogen-bond acceptors (Lipinski definition) is 7. The van der Waals surface area contributed by atoms with Gasteiger partial charge in [0, 0.05) is 38.0 Å². The molecular formula is C18H22N6O4. The normalized spacial score (nSPS) is 19.7. The number of nitro benzene ring substituents is 2. The number of hydrogen-bond donors (Lipinski definition) is 0. The molecule has 148 valence electrons. The van der Waals surface area contributed by atoms with Gasteiger partial charge in [0.1, 0.15) is 17.3 Å². The minimum Gasteiger partial charge on any atom is -0.365 e. The van der Waals surface area contributed by atoms with E-state index in [0.29, 0.717) is 18.8 Å². The molecule has 0 bridgehead atoms. The summed E-state index contributed by atoms with van der Waals surface area (Å²) in [5.74, 6) is 2.14. The molecule has 0 radical (unpaired) electrons. The minimum atomic E-state index is -0.610. The van der Waals surface area contributed by atoms with Crippen LogP contribution in [0.15, 0.2) is 18.2 Å². The number of benzene rings is 1. The summed E-state index contributed by atoms with van der Waals surface area (Å²) in [6, 6.07) is 3.86. The first-order valence-electron chi connectivity index (χ1n) is 9.64. The Morgan fingerprint density at radius 1 is 1.00 bits per heavy atom. The number of nitro groups is 2. The molecule has 2 aliphatic heterocycles. The van der Waals surface area contributed by atoms with Crippen molar-refractivity contribution in [3.63, 3.8) is 0 Å². The van der Waals surface area contributed by atoms with Crippen LogP contribution < -0.4 is 4.90 Å². The summed E-state index contributed by atoms with van der Waals surface area (Å²) in [4.78, 5) is 23.3. The summed E-state index contributed by atoms with van der Waals surface area (Å²) in [5.41, 5.74) is -0.0717. The fourth-order valence-electron chi connectivity index (χ4n) is 4.26. The molecule has 0 N–H and O–H groups in total. The molecule has 2 aromatic rings. The first-order chi connectivity index (χ1) is 13.5. The molecule has 10 nitrogen and oxygen atoms in total. The second-order valence-electron chi connectivity index (χ2n) is 7.41. The van der Waals surface area contributed by atoms with Gasteiger partial charge in [0.05, 0.1) is 15.9 Å². The molecule has 10 heteroatoms. The van der Waals surface area contributed by atoms with Gasteiger partial charge >= 0.3 is 0 Å². The summed E-state index contributed by atoms with van der Waals surface area (Å²) in [5, 5.41) is 31.3. The highest BCUT2D eigenvalue weighted by Gasteiger charge is 2.31. The predicted octanol–water partition coefficient (Wildman–Crippen LogP) is 3.20. The van der Waals surface area contributed by atoms with E-state index in [2.05, 4.69) is 14.8 Å². The monoisotopic (exact) mass is 386 g/mol. The lowest BCUT2D eigenvalue weighted by molar-refractivity contribution is -0.393. The Labute approximate surface area is 161 Å². The molecule has 1 aromatic heterocycles. The number of aromatic nitrogens is 3. The Kier molecular flexibility index (Phi) is 4.93. The maximum Gasteiger partial charge on any atom is 0.299 e. The van der Waals surface area contributed by atoms with Crippen molar-refractivity contribution in [2.45, 2.75) is 51.0 Å². The second kappa shape index (κ2) is 7.53. The van der Waals surface area contributed by atoms with Gasteiger partial charge in [0.2, 0.25) is 0 Å². The first-order valence-corrected chi connectivity index (χ1v) is 9.64. The number of nitrogens with zero attached hydrogens (tertiary/aromatic N) is 6. The molecular weight excluding hydrogens is 364 g/mol. The van der Waals surface area contributed by atoms with Gasteiger partial charge in [-0.2, -0.15) is 0 Å². The van der Waals surface area contributed by atoms with Gasteiger partial charge in [-0.1, -0.05) is 6.42 Å². The van der Waals surface area contributed by atoms with E-state index in [4.69, 9.17) is 0 Å². The zero-order valence-electron chi connectivity index (χ0n) is 15.5. The van der Waals surface area contributed by atoms with Gasteiger partial charge in [-0.05, 0) is 31.7 Å². The average molecular weight is 386 g/mol. The van der Waals surface area contributed by atoms with E-state index in [-0.39, 0.29) is 17.3 Å². The Morgan fingerprint density at radius 3 is 2.64 bits per heavy atom. The first kappa shape index (κ1) is 18.3. The fourth-order valence-corrected chi connectivity index (χ4v) is 4.26. The quantitative estimate of drug-likeness (QED) is 0.584.